The van der Waals surface area contributed by atoms with Crippen LogP contribution >= 0.6 is 0 Å². The molecule has 0 aromatic rings. The van der Waals surface area contributed by atoms with Crippen LogP contribution in [0.2, 0.25) is 0 Å². The fourth-order valence-electron chi connectivity index (χ4n) is 10.0. The largest absolute Gasteiger partial charge is 0.394 e. The van der Waals surface area contributed by atoms with Gasteiger partial charge in [-0.05, 0) is 105 Å². The van der Waals surface area contributed by atoms with Gasteiger partial charge in [-0.1, -0.05) is 13.8 Å². The van der Waals surface area contributed by atoms with E-state index in [0.29, 0.717) is 18.8 Å². The standard InChI is InChI=1S/C30H51NO8/c1-15-26(28(38)27(37)22(14-32)39-15)31-24(36)6-4-5-16-7-8-19-25-20(13-23(35)30(16,19)3)29(2)10-9-18(33)11-17(29)12-21(25)34/h15-23,25-28,32-35,37-38H,4-14H2,1-3H3,(H,31,36)/t15-,16+,17+,18-,19+,20?,21-,22-,23+,25?,26+,27-,28-,29+,30-/m1/s1. The van der Waals surface area contributed by atoms with Crippen molar-refractivity contribution in [2.45, 2.75) is 134 Å². The first-order chi connectivity index (χ1) is 18.4. The maximum atomic E-state index is 12.8. The zero-order valence-corrected chi connectivity index (χ0v) is 23.8. The van der Waals surface area contributed by atoms with Gasteiger partial charge in [-0.15, -0.1) is 0 Å². The van der Waals surface area contributed by atoms with Crippen molar-refractivity contribution in [1.29, 1.82) is 0 Å². The summed E-state index contributed by atoms with van der Waals surface area (Å²) in [7, 11) is 0. The van der Waals surface area contributed by atoms with Gasteiger partial charge in [0.15, 0.2) is 0 Å². The minimum atomic E-state index is -1.27. The second-order valence-electron chi connectivity index (χ2n) is 14.1. The molecule has 7 N–H and O–H groups in total. The highest BCUT2D eigenvalue weighted by Crippen LogP contribution is 2.67. The summed E-state index contributed by atoms with van der Waals surface area (Å²) in [6, 6.07) is -0.750. The normalized spacial score (nSPS) is 53.4. The number of carbonyl (C=O) groups is 1. The average Bonchev–Trinajstić information content (AvgIpc) is 3.23. The number of ether oxygens (including phenoxy) is 1. The molecule has 15 atom stereocenters. The van der Waals surface area contributed by atoms with Gasteiger partial charge in [0.1, 0.15) is 18.3 Å². The van der Waals surface area contributed by atoms with Gasteiger partial charge in [0.2, 0.25) is 5.91 Å². The van der Waals surface area contributed by atoms with E-state index in [1.807, 2.05) is 0 Å². The van der Waals surface area contributed by atoms with E-state index in [1.165, 1.54) is 0 Å². The lowest BCUT2D eigenvalue weighted by molar-refractivity contribution is -0.204. The molecule has 9 heteroatoms. The summed E-state index contributed by atoms with van der Waals surface area (Å²) >= 11 is 0. The van der Waals surface area contributed by atoms with Gasteiger partial charge in [0.25, 0.3) is 0 Å². The molecule has 5 rings (SSSR count). The van der Waals surface area contributed by atoms with Gasteiger partial charge < -0.3 is 40.7 Å². The first-order valence-electron chi connectivity index (χ1n) is 15.4. The monoisotopic (exact) mass is 553 g/mol. The highest BCUT2D eigenvalue weighted by atomic mass is 16.5. The highest BCUT2D eigenvalue weighted by Gasteiger charge is 2.65. The molecule has 1 heterocycles. The summed E-state index contributed by atoms with van der Waals surface area (Å²) < 4.78 is 5.56. The van der Waals surface area contributed by atoms with Gasteiger partial charge in [-0.3, -0.25) is 4.79 Å². The van der Waals surface area contributed by atoms with Crippen molar-refractivity contribution < 1.29 is 40.2 Å². The van der Waals surface area contributed by atoms with Crippen LogP contribution in [-0.4, -0.2) is 91.9 Å². The van der Waals surface area contributed by atoms with Crippen LogP contribution in [0, 0.1) is 40.4 Å². The lowest BCUT2D eigenvalue weighted by Crippen LogP contribution is -2.63. The van der Waals surface area contributed by atoms with E-state index in [2.05, 4.69) is 19.2 Å². The van der Waals surface area contributed by atoms with Crippen molar-refractivity contribution in [3.8, 4) is 0 Å². The fraction of sp³-hybridized carbons (Fsp3) is 0.967. The van der Waals surface area contributed by atoms with Crippen LogP contribution in [-0.2, 0) is 9.53 Å². The second-order valence-corrected chi connectivity index (χ2v) is 14.1. The molecule has 224 valence electrons. The smallest absolute Gasteiger partial charge is 0.220 e. The first kappa shape index (κ1) is 29.7. The molecule has 9 nitrogen and oxygen atoms in total. The molecule has 0 bridgehead atoms. The van der Waals surface area contributed by atoms with Crippen molar-refractivity contribution in [2.24, 2.45) is 40.4 Å². The molecule has 4 saturated carbocycles. The predicted octanol–water partition coefficient (Wildman–Crippen LogP) is 1.10. The molecule has 1 saturated heterocycles. The minimum Gasteiger partial charge on any atom is -0.394 e. The van der Waals surface area contributed by atoms with Crippen LogP contribution < -0.4 is 5.32 Å². The van der Waals surface area contributed by atoms with Crippen LogP contribution in [0.25, 0.3) is 0 Å². The fourth-order valence-corrected chi connectivity index (χ4v) is 10.0. The Labute approximate surface area is 232 Å². The van der Waals surface area contributed by atoms with E-state index in [1.54, 1.807) is 6.92 Å². The summed E-state index contributed by atoms with van der Waals surface area (Å²) in [5.41, 5.74) is -0.238. The molecule has 0 radical (unpaired) electrons. The zero-order valence-electron chi connectivity index (χ0n) is 23.8. The molecule has 4 aliphatic carbocycles. The summed E-state index contributed by atoms with van der Waals surface area (Å²) in [5, 5.41) is 66.1. The quantitative estimate of drug-likeness (QED) is 0.258. The molecule has 39 heavy (non-hydrogen) atoms. The van der Waals surface area contributed by atoms with Crippen LogP contribution in [0.3, 0.4) is 0 Å². The van der Waals surface area contributed by atoms with Gasteiger partial charge >= 0.3 is 0 Å². The molecule has 0 aromatic heterocycles. The Bertz CT molecular complexity index is 889. The third kappa shape index (κ3) is 4.98. The molecule has 5 fully saturated rings. The number of carbonyl (C=O) groups excluding carboxylic acids is 1. The Morgan fingerprint density at radius 1 is 0.974 bits per heavy atom. The summed E-state index contributed by atoms with van der Waals surface area (Å²) in [6.07, 6.45) is 2.64. The summed E-state index contributed by atoms with van der Waals surface area (Å²) in [6.45, 7) is 5.85. The SMILES string of the molecule is C[C@H]1O[C@H](CO)[C@@H](O)[C@H](O)[C@H]1NC(=O)CCC[C@H]1CC[C@H]2C3C(C[C@H](O)[C@]12C)[C@@]1(C)CC[C@@H](O)C[C@H]1C[C@H]3O. The summed E-state index contributed by atoms with van der Waals surface area (Å²) in [5.74, 6) is 1.05. The lowest BCUT2D eigenvalue weighted by atomic mass is 9.43. The number of hydrogen-bond acceptors (Lipinski definition) is 8. The van der Waals surface area contributed by atoms with E-state index in [4.69, 9.17) is 4.74 Å². The van der Waals surface area contributed by atoms with Crippen molar-refractivity contribution in [2.75, 3.05) is 6.61 Å². The number of aliphatic hydroxyl groups excluding tert-OH is 6. The van der Waals surface area contributed by atoms with Crippen molar-refractivity contribution >= 4 is 5.91 Å². The maximum Gasteiger partial charge on any atom is 0.220 e. The van der Waals surface area contributed by atoms with E-state index in [9.17, 15) is 35.4 Å². The molecule has 5 aliphatic rings. The van der Waals surface area contributed by atoms with Gasteiger partial charge in [0.05, 0.1) is 37.1 Å². The molecule has 2 unspecified atom stereocenters. The Kier molecular flexibility index (Phi) is 8.46. The van der Waals surface area contributed by atoms with Crippen molar-refractivity contribution in [3.63, 3.8) is 0 Å². The molecule has 1 aliphatic heterocycles. The molecular formula is C30H51NO8. The molecule has 0 spiro atoms. The van der Waals surface area contributed by atoms with E-state index in [-0.39, 0.29) is 52.9 Å². The first-order valence-corrected chi connectivity index (χ1v) is 15.4. The lowest BCUT2D eigenvalue weighted by Gasteiger charge is -2.63. The second kappa shape index (κ2) is 11.1. The van der Waals surface area contributed by atoms with E-state index < -0.39 is 49.3 Å². The Hall–Kier alpha value is -0.810. The van der Waals surface area contributed by atoms with Crippen LogP contribution in [0.5, 0.6) is 0 Å². The highest BCUT2D eigenvalue weighted by molar-refractivity contribution is 5.76. The number of hydrogen-bond donors (Lipinski definition) is 7. The van der Waals surface area contributed by atoms with E-state index in [0.717, 1.165) is 44.9 Å². The number of nitrogens with one attached hydrogen (secondary N) is 1. The maximum absolute atomic E-state index is 12.8. The number of aliphatic hydroxyl groups is 6. The van der Waals surface area contributed by atoms with Crippen LogP contribution in [0.4, 0.5) is 0 Å². The average molecular weight is 554 g/mol. The topological polar surface area (TPSA) is 160 Å². The van der Waals surface area contributed by atoms with Gasteiger partial charge in [-0.2, -0.15) is 0 Å². The zero-order chi connectivity index (χ0) is 28.3. The van der Waals surface area contributed by atoms with Crippen molar-refractivity contribution in [3.05, 3.63) is 0 Å². The number of fused-ring (bicyclic) bond motifs is 5. The number of amides is 1. The van der Waals surface area contributed by atoms with E-state index >= 15 is 0 Å². The third-order valence-corrected chi connectivity index (χ3v) is 12.4. The van der Waals surface area contributed by atoms with Gasteiger partial charge in [-0.25, -0.2) is 0 Å². The van der Waals surface area contributed by atoms with Gasteiger partial charge in [0, 0.05) is 6.42 Å². The van der Waals surface area contributed by atoms with Crippen molar-refractivity contribution in [1.82, 2.24) is 5.32 Å². The number of rotatable bonds is 6. The Balaban J connectivity index is 1.19. The Morgan fingerprint density at radius 2 is 1.72 bits per heavy atom. The molecule has 0 aromatic carbocycles. The summed E-state index contributed by atoms with van der Waals surface area (Å²) in [4.78, 5) is 12.8. The van der Waals surface area contributed by atoms with Crippen LogP contribution in [0.15, 0.2) is 0 Å². The minimum absolute atomic E-state index is 0.0525. The third-order valence-electron chi connectivity index (χ3n) is 12.4. The Morgan fingerprint density at radius 3 is 2.44 bits per heavy atom. The van der Waals surface area contributed by atoms with Crippen LogP contribution in [0.1, 0.15) is 85.0 Å². The molecule has 1 amide bonds. The molecular weight excluding hydrogens is 502 g/mol. The predicted molar refractivity (Wildman–Crippen MR) is 143 cm³/mol.